The van der Waals surface area contributed by atoms with Crippen molar-refractivity contribution >= 4 is 29.2 Å². The second-order valence-corrected chi connectivity index (χ2v) is 6.47. The third-order valence-electron chi connectivity index (χ3n) is 2.36. The quantitative estimate of drug-likeness (QED) is 0.773. The number of hydrogen-bond acceptors (Lipinski definition) is 4. The molecule has 0 saturated carbocycles. The summed E-state index contributed by atoms with van der Waals surface area (Å²) in [6.45, 7) is 6.46. The molecular formula is C15H24N2O2S. The van der Waals surface area contributed by atoms with E-state index >= 15 is 0 Å². The molecule has 0 unspecified atom stereocenters. The van der Waals surface area contributed by atoms with E-state index in [1.54, 1.807) is 0 Å². The zero-order chi connectivity index (χ0) is 15.0. The Morgan fingerprint density at radius 1 is 1.30 bits per heavy atom. The molecule has 0 saturated heterocycles. The van der Waals surface area contributed by atoms with Gasteiger partial charge >= 0.3 is 6.09 Å². The SMILES string of the molecule is CSCCCNc1cccc(NC(=O)OC(C)(C)C)c1. The Balaban J connectivity index is 2.49. The normalized spacial score (nSPS) is 11.0. The lowest BCUT2D eigenvalue weighted by atomic mass is 10.2. The molecule has 5 heteroatoms. The van der Waals surface area contributed by atoms with Crippen molar-refractivity contribution in [3.8, 4) is 0 Å². The summed E-state index contributed by atoms with van der Waals surface area (Å²) in [6.07, 6.45) is 2.79. The maximum Gasteiger partial charge on any atom is 0.412 e. The molecule has 2 N–H and O–H groups in total. The van der Waals surface area contributed by atoms with E-state index in [0.29, 0.717) is 0 Å². The zero-order valence-electron chi connectivity index (χ0n) is 12.7. The summed E-state index contributed by atoms with van der Waals surface area (Å²) in [7, 11) is 0. The number of carbonyl (C=O) groups is 1. The summed E-state index contributed by atoms with van der Waals surface area (Å²) < 4.78 is 5.22. The lowest BCUT2D eigenvalue weighted by Gasteiger charge is -2.19. The fourth-order valence-corrected chi connectivity index (χ4v) is 2.01. The van der Waals surface area contributed by atoms with Crippen LogP contribution < -0.4 is 10.6 Å². The Morgan fingerprint density at radius 2 is 2.00 bits per heavy atom. The first kappa shape index (κ1) is 16.7. The van der Waals surface area contributed by atoms with E-state index in [4.69, 9.17) is 4.74 Å². The predicted octanol–water partition coefficient (Wildman–Crippen LogP) is 4.20. The minimum absolute atomic E-state index is 0.433. The highest BCUT2D eigenvalue weighted by atomic mass is 32.2. The van der Waals surface area contributed by atoms with Gasteiger partial charge in [-0.2, -0.15) is 11.8 Å². The van der Waals surface area contributed by atoms with Gasteiger partial charge in [0.1, 0.15) is 5.60 Å². The number of anilines is 2. The lowest BCUT2D eigenvalue weighted by Crippen LogP contribution is -2.27. The van der Waals surface area contributed by atoms with Crippen molar-refractivity contribution in [3.05, 3.63) is 24.3 Å². The maximum absolute atomic E-state index is 11.7. The monoisotopic (exact) mass is 296 g/mol. The molecule has 0 aliphatic carbocycles. The van der Waals surface area contributed by atoms with Crippen LogP contribution in [0.2, 0.25) is 0 Å². The first-order chi connectivity index (χ1) is 9.40. The highest BCUT2D eigenvalue weighted by Crippen LogP contribution is 2.16. The molecule has 112 valence electrons. The molecule has 20 heavy (non-hydrogen) atoms. The van der Waals surface area contributed by atoms with Gasteiger partial charge in [-0.1, -0.05) is 6.07 Å². The smallest absolute Gasteiger partial charge is 0.412 e. The van der Waals surface area contributed by atoms with Gasteiger partial charge in [0.05, 0.1) is 0 Å². The topological polar surface area (TPSA) is 50.4 Å². The fraction of sp³-hybridized carbons (Fsp3) is 0.533. The summed E-state index contributed by atoms with van der Waals surface area (Å²) in [5.41, 5.74) is 1.24. The van der Waals surface area contributed by atoms with Gasteiger partial charge in [-0.05, 0) is 57.4 Å². The van der Waals surface area contributed by atoms with E-state index in [-0.39, 0.29) is 0 Å². The van der Waals surface area contributed by atoms with Gasteiger partial charge < -0.3 is 10.1 Å². The van der Waals surface area contributed by atoms with Crippen molar-refractivity contribution < 1.29 is 9.53 Å². The van der Waals surface area contributed by atoms with Gasteiger partial charge in [0.25, 0.3) is 0 Å². The summed E-state index contributed by atoms with van der Waals surface area (Å²) in [6, 6.07) is 7.64. The fourth-order valence-electron chi connectivity index (χ4n) is 1.58. The minimum atomic E-state index is -0.488. The molecule has 0 aromatic heterocycles. The number of carbonyl (C=O) groups excluding carboxylic acids is 1. The zero-order valence-corrected chi connectivity index (χ0v) is 13.5. The van der Waals surface area contributed by atoms with Crippen molar-refractivity contribution in [3.63, 3.8) is 0 Å². The van der Waals surface area contributed by atoms with Crippen molar-refractivity contribution in [1.29, 1.82) is 0 Å². The number of rotatable bonds is 6. The van der Waals surface area contributed by atoms with Crippen molar-refractivity contribution in [2.24, 2.45) is 0 Å². The van der Waals surface area contributed by atoms with E-state index in [2.05, 4.69) is 16.9 Å². The van der Waals surface area contributed by atoms with Crippen LogP contribution in [0.25, 0.3) is 0 Å². The molecule has 0 bridgehead atoms. The van der Waals surface area contributed by atoms with E-state index in [1.807, 2.05) is 56.8 Å². The molecule has 0 aliphatic rings. The van der Waals surface area contributed by atoms with E-state index in [9.17, 15) is 4.79 Å². The van der Waals surface area contributed by atoms with Gasteiger partial charge in [-0.25, -0.2) is 4.79 Å². The number of benzene rings is 1. The van der Waals surface area contributed by atoms with E-state index in [1.165, 1.54) is 0 Å². The van der Waals surface area contributed by atoms with Crippen LogP contribution >= 0.6 is 11.8 Å². The third-order valence-corrected chi connectivity index (χ3v) is 3.06. The molecule has 4 nitrogen and oxygen atoms in total. The molecule has 1 aromatic rings. The number of nitrogens with one attached hydrogen (secondary N) is 2. The van der Waals surface area contributed by atoms with Crippen molar-refractivity contribution in [1.82, 2.24) is 0 Å². The van der Waals surface area contributed by atoms with Crippen LogP contribution in [0.3, 0.4) is 0 Å². The molecular weight excluding hydrogens is 272 g/mol. The second-order valence-electron chi connectivity index (χ2n) is 5.48. The Morgan fingerprint density at radius 3 is 2.65 bits per heavy atom. The third kappa shape index (κ3) is 7.28. The molecule has 0 heterocycles. The minimum Gasteiger partial charge on any atom is -0.444 e. The average Bonchev–Trinajstić information content (AvgIpc) is 2.32. The Hall–Kier alpha value is -1.36. The Kier molecular flexibility index (Phi) is 6.71. The summed E-state index contributed by atoms with van der Waals surface area (Å²) in [4.78, 5) is 11.7. The molecule has 1 rings (SSSR count). The molecule has 0 atom stereocenters. The van der Waals surface area contributed by atoms with Gasteiger partial charge in [0, 0.05) is 17.9 Å². The van der Waals surface area contributed by atoms with Crippen LogP contribution in [0, 0.1) is 0 Å². The summed E-state index contributed by atoms with van der Waals surface area (Å²) >= 11 is 1.84. The molecule has 0 spiro atoms. The summed E-state index contributed by atoms with van der Waals surface area (Å²) in [5.74, 6) is 1.14. The van der Waals surface area contributed by atoms with Gasteiger partial charge in [0.15, 0.2) is 0 Å². The Bertz CT molecular complexity index is 430. The van der Waals surface area contributed by atoms with Crippen LogP contribution in [-0.2, 0) is 4.74 Å². The number of thioether (sulfide) groups is 1. The van der Waals surface area contributed by atoms with Crippen molar-refractivity contribution in [2.75, 3.05) is 29.2 Å². The van der Waals surface area contributed by atoms with Crippen molar-refractivity contribution in [2.45, 2.75) is 32.8 Å². The van der Waals surface area contributed by atoms with Crippen LogP contribution in [-0.4, -0.2) is 30.2 Å². The highest BCUT2D eigenvalue weighted by molar-refractivity contribution is 7.98. The lowest BCUT2D eigenvalue weighted by molar-refractivity contribution is 0.0636. The van der Waals surface area contributed by atoms with Crippen LogP contribution in [0.15, 0.2) is 24.3 Å². The van der Waals surface area contributed by atoms with Crippen LogP contribution in [0.4, 0.5) is 16.2 Å². The second kappa shape index (κ2) is 8.04. The number of hydrogen-bond donors (Lipinski definition) is 2. The van der Waals surface area contributed by atoms with Crippen LogP contribution in [0.1, 0.15) is 27.2 Å². The summed E-state index contributed by atoms with van der Waals surface area (Å²) in [5, 5.41) is 6.07. The number of amides is 1. The largest absolute Gasteiger partial charge is 0.444 e. The maximum atomic E-state index is 11.7. The van der Waals surface area contributed by atoms with Crippen LogP contribution in [0.5, 0.6) is 0 Å². The van der Waals surface area contributed by atoms with E-state index < -0.39 is 11.7 Å². The van der Waals surface area contributed by atoms with E-state index in [0.717, 1.165) is 30.1 Å². The first-order valence-corrected chi connectivity index (χ1v) is 8.13. The Labute approximate surface area is 125 Å². The molecule has 1 amide bonds. The molecule has 0 fully saturated rings. The molecule has 0 aliphatic heterocycles. The van der Waals surface area contributed by atoms with Gasteiger partial charge in [-0.3, -0.25) is 5.32 Å². The highest BCUT2D eigenvalue weighted by Gasteiger charge is 2.16. The standard InChI is InChI=1S/C15H24N2O2S/c1-15(2,3)19-14(18)17-13-8-5-7-12(11-13)16-9-6-10-20-4/h5,7-8,11,16H,6,9-10H2,1-4H3,(H,17,18). The first-order valence-electron chi connectivity index (χ1n) is 6.73. The van der Waals surface area contributed by atoms with Gasteiger partial charge in [0.2, 0.25) is 0 Å². The predicted molar refractivity (Wildman–Crippen MR) is 87.8 cm³/mol. The number of ether oxygens (including phenoxy) is 1. The molecule has 0 radical (unpaired) electrons. The average molecular weight is 296 g/mol. The van der Waals surface area contributed by atoms with Gasteiger partial charge in [-0.15, -0.1) is 0 Å². The molecule has 1 aromatic carbocycles.